The van der Waals surface area contributed by atoms with Crippen LogP contribution in [0.5, 0.6) is 0 Å². The summed E-state index contributed by atoms with van der Waals surface area (Å²) in [6.45, 7) is 0. The molecule has 0 aromatic heterocycles. The lowest BCUT2D eigenvalue weighted by atomic mass is 9.77. The maximum atomic E-state index is 11.5. The molecular weight excluding hydrogens is 228 g/mol. The normalized spacial score (nSPS) is 34.3. The van der Waals surface area contributed by atoms with Crippen molar-refractivity contribution in [2.75, 3.05) is 7.11 Å². The number of esters is 1. The first kappa shape index (κ1) is 11.7. The third-order valence-electron chi connectivity index (χ3n) is 4.29. The second-order valence-electron chi connectivity index (χ2n) is 5.27. The Labute approximate surface area is 107 Å². The van der Waals surface area contributed by atoms with Crippen LogP contribution in [0.3, 0.4) is 0 Å². The summed E-state index contributed by atoms with van der Waals surface area (Å²) in [5.41, 5.74) is 1.21. The number of rotatable bonds is 2. The second-order valence-corrected chi connectivity index (χ2v) is 5.27. The van der Waals surface area contributed by atoms with E-state index in [0.717, 1.165) is 25.7 Å². The molecule has 1 aliphatic carbocycles. The zero-order valence-corrected chi connectivity index (χ0v) is 10.6. The highest BCUT2D eigenvalue weighted by molar-refractivity contribution is 5.79. The fourth-order valence-electron chi connectivity index (χ4n) is 3.12. The Balaban J connectivity index is 1.62. The van der Waals surface area contributed by atoms with Gasteiger partial charge in [0.1, 0.15) is 5.60 Å². The van der Waals surface area contributed by atoms with E-state index in [1.54, 1.807) is 0 Å². The van der Waals surface area contributed by atoms with Crippen LogP contribution in [0.1, 0.15) is 37.2 Å². The maximum Gasteiger partial charge on any atom is 0.338 e. The van der Waals surface area contributed by atoms with Crippen LogP contribution in [0.25, 0.3) is 0 Å². The summed E-state index contributed by atoms with van der Waals surface area (Å²) in [6, 6.07) is 10.6. The van der Waals surface area contributed by atoms with Crippen LogP contribution >= 0.6 is 0 Å². The van der Waals surface area contributed by atoms with Crippen molar-refractivity contribution in [3.05, 3.63) is 35.9 Å². The Morgan fingerprint density at radius 2 is 1.94 bits per heavy atom. The molecule has 1 heterocycles. The van der Waals surface area contributed by atoms with Gasteiger partial charge in [-0.3, -0.25) is 0 Å². The molecule has 1 saturated heterocycles. The molecule has 1 saturated carbocycles. The fourth-order valence-corrected chi connectivity index (χ4v) is 3.12. The quantitative estimate of drug-likeness (QED) is 0.595. The monoisotopic (exact) mass is 246 g/mol. The summed E-state index contributed by atoms with van der Waals surface area (Å²) in [6.07, 6.45) is 3.81. The predicted octanol–water partition coefficient (Wildman–Crippen LogP) is 2.65. The molecule has 1 aliphatic heterocycles. The lowest BCUT2D eigenvalue weighted by Gasteiger charge is -2.26. The van der Waals surface area contributed by atoms with Crippen molar-refractivity contribution >= 4 is 5.97 Å². The van der Waals surface area contributed by atoms with Crippen LogP contribution in [0, 0.1) is 0 Å². The zero-order valence-electron chi connectivity index (χ0n) is 10.6. The van der Waals surface area contributed by atoms with Crippen molar-refractivity contribution in [1.82, 2.24) is 0 Å². The van der Waals surface area contributed by atoms with Gasteiger partial charge in [0.2, 0.25) is 0 Å². The van der Waals surface area contributed by atoms with Crippen LogP contribution < -0.4 is 0 Å². The molecule has 0 radical (unpaired) electrons. The van der Waals surface area contributed by atoms with E-state index < -0.39 is 0 Å². The standard InChI is InChI=1S/C15H18O3/c1-17-14(16)13-15(18-13)9-7-12(8-10-15)11-5-3-2-4-6-11/h2-6,12-13H,7-10H2,1H3. The van der Waals surface area contributed by atoms with E-state index in [1.807, 2.05) is 6.07 Å². The molecule has 3 nitrogen and oxygen atoms in total. The average Bonchev–Trinajstić information content (AvgIpc) is 3.13. The number of hydrogen-bond donors (Lipinski definition) is 0. The molecule has 0 amide bonds. The van der Waals surface area contributed by atoms with E-state index >= 15 is 0 Å². The van der Waals surface area contributed by atoms with Crippen molar-refractivity contribution in [2.24, 2.45) is 0 Å². The Bertz CT molecular complexity index is 432. The van der Waals surface area contributed by atoms with Crippen molar-refractivity contribution in [2.45, 2.75) is 43.3 Å². The zero-order chi connectivity index (χ0) is 12.6. The molecule has 3 heteroatoms. The second kappa shape index (κ2) is 4.39. The van der Waals surface area contributed by atoms with Gasteiger partial charge in [-0.25, -0.2) is 4.79 Å². The highest BCUT2D eigenvalue weighted by Crippen LogP contribution is 2.51. The largest absolute Gasteiger partial charge is 0.467 e. The van der Waals surface area contributed by atoms with Gasteiger partial charge in [-0.1, -0.05) is 30.3 Å². The Kier molecular flexibility index (Phi) is 2.86. The summed E-state index contributed by atoms with van der Waals surface area (Å²) < 4.78 is 10.4. The Morgan fingerprint density at radius 3 is 2.56 bits per heavy atom. The Morgan fingerprint density at radius 1 is 1.28 bits per heavy atom. The predicted molar refractivity (Wildman–Crippen MR) is 67.3 cm³/mol. The van der Waals surface area contributed by atoms with Crippen molar-refractivity contribution in [3.8, 4) is 0 Å². The minimum absolute atomic E-state index is 0.196. The lowest BCUT2D eigenvalue weighted by molar-refractivity contribution is -0.142. The Hall–Kier alpha value is -1.35. The van der Waals surface area contributed by atoms with Crippen molar-refractivity contribution in [3.63, 3.8) is 0 Å². The number of carbonyl (C=O) groups is 1. The van der Waals surface area contributed by atoms with E-state index in [-0.39, 0.29) is 17.7 Å². The molecule has 1 aromatic carbocycles. The average molecular weight is 246 g/mol. The third-order valence-corrected chi connectivity index (χ3v) is 4.29. The number of benzene rings is 1. The van der Waals surface area contributed by atoms with Gasteiger partial charge in [0.05, 0.1) is 7.11 Å². The smallest absolute Gasteiger partial charge is 0.338 e. The molecule has 0 bridgehead atoms. The van der Waals surface area contributed by atoms with E-state index in [4.69, 9.17) is 9.47 Å². The van der Waals surface area contributed by atoms with Gasteiger partial charge in [0.15, 0.2) is 6.10 Å². The van der Waals surface area contributed by atoms with Gasteiger partial charge in [0, 0.05) is 0 Å². The van der Waals surface area contributed by atoms with E-state index in [1.165, 1.54) is 12.7 Å². The van der Waals surface area contributed by atoms with Crippen LogP contribution in [0.15, 0.2) is 30.3 Å². The van der Waals surface area contributed by atoms with Gasteiger partial charge in [0.25, 0.3) is 0 Å². The first-order valence-corrected chi connectivity index (χ1v) is 6.56. The number of carbonyl (C=O) groups excluding carboxylic acids is 1. The van der Waals surface area contributed by atoms with E-state index in [2.05, 4.69) is 24.3 Å². The van der Waals surface area contributed by atoms with Gasteiger partial charge < -0.3 is 9.47 Å². The number of ether oxygens (including phenoxy) is 2. The first-order valence-electron chi connectivity index (χ1n) is 6.56. The molecule has 1 unspecified atom stereocenters. The first-order chi connectivity index (χ1) is 8.75. The van der Waals surface area contributed by atoms with Crippen LogP contribution in [-0.4, -0.2) is 24.8 Å². The summed E-state index contributed by atoms with van der Waals surface area (Å²) in [5, 5.41) is 0. The molecule has 18 heavy (non-hydrogen) atoms. The number of hydrogen-bond acceptors (Lipinski definition) is 3. The molecule has 96 valence electrons. The van der Waals surface area contributed by atoms with Crippen LogP contribution in [-0.2, 0) is 14.3 Å². The van der Waals surface area contributed by atoms with Crippen molar-refractivity contribution < 1.29 is 14.3 Å². The van der Waals surface area contributed by atoms with Gasteiger partial charge in [-0.15, -0.1) is 0 Å². The highest BCUT2D eigenvalue weighted by Gasteiger charge is 2.61. The molecular formula is C15H18O3. The van der Waals surface area contributed by atoms with Crippen molar-refractivity contribution in [1.29, 1.82) is 0 Å². The highest BCUT2D eigenvalue weighted by atomic mass is 16.7. The van der Waals surface area contributed by atoms with Gasteiger partial charge in [-0.05, 0) is 37.2 Å². The summed E-state index contributed by atoms with van der Waals surface area (Å²) >= 11 is 0. The maximum absolute atomic E-state index is 11.5. The molecule has 2 aliphatic rings. The molecule has 1 spiro atoms. The molecule has 2 fully saturated rings. The molecule has 1 atom stereocenters. The summed E-state index contributed by atoms with van der Waals surface area (Å²) in [7, 11) is 1.42. The minimum Gasteiger partial charge on any atom is -0.467 e. The van der Waals surface area contributed by atoms with E-state index in [9.17, 15) is 4.79 Å². The van der Waals surface area contributed by atoms with Gasteiger partial charge in [-0.2, -0.15) is 0 Å². The molecule has 3 rings (SSSR count). The van der Waals surface area contributed by atoms with Crippen LogP contribution in [0.4, 0.5) is 0 Å². The molecule has 0 N–H and O–H groups in total. The lowest BCUT2D eigenvalue weighted by Crippen LogP contribution is -2.27. The fraction of sp³-hybridized carbons (Fsp3) is 0.533. The number of epoxide rings is 1. The van der Waals surface area contributed by atoms with Crippen LogP contribution in [0.2, 0.25) is 0 Å². The summed E-state index contributed by atoms with van der Waals surface area (Å²) in [4.78, 5) is 11.5. The van der Waals surface area contributed by atoms with E-state index in [0.29, 0.717) is 5.92 Å². The topological polar surface area (TPSA) is 38.8 Å². The molecule has 1 aromatic rings. The third kappa shape index (κ3) is 1.93. The van der Waals surface area contributed by atoms with Gasteiger partial charge >= 0.3 is 5.97 Å². The minimum atomic E-state index is -0.306. The SMILES string of the molecule is COC(=O)C1OC12CCC(c1ccccc1)CC2. The number of methoxy groups -OCH3 is 1. The summed E-state index contributed by atoms with van der Waals surface area (Å²) in [5.74, 6) is 0.396.